The summed E-state index contributed by atoms with van der Waals surface area (Å²) in [6.45, 7) is 0.564. The van der Waals surface area contributed by atoms with E-state index in [1.54, 1.807) is 18.2 Å². The van der Waals surface area contributed by atoms with Gasteiger partial charge in [-0.1, -0.05) is 0 Å². The largest absolute Gasteiger partial charge is 0.496 e. The van der Waals surface area contributed by atoms with Crippen molar-refractivity contribution in [3.05, 3.63) is 23.8 Å². The van der Waals surface area contributed by atoms with Gasteiger partial charge in [0.1, 0.15) is 5.75 Å². The van der Waals surface area contributed by atoms with Crippen LogP contribution in [0.3, 0.4) is 0 Å². The molecule has 0 aliphatic carbocycles. The average molecular weight is 343 g/mol. The Morgan fingerprint density at radius 3 is 2.00 bits per heavy atom. The molecular weight excluding hydrogens is 322 g/mol. The number of hydrogen-bond acceptors (Lipinski definition) is 6. The van der Waals surface area contributed by atoms with Crippen molar-refractivity contribution >= 4 is 12.0 Å². The molecule has 0 saturated carbocycles. The van der Waals surface area contributed by atoms with Gasteiger partial charge in [-0.15, -0.1) is 0 Å². The van der Waals surface area contributed by atoms with Gasteiger partial charge in [0.25, 0.3) is 0 Å². The number of methoxy groups -OCH3 is 3. The Morgan fingerprint density at radius 2 is 1.52 bits per heavy atom. The molecule has 0 saturated heterocycles. The Morgan fingerprint density at radius 1 is 1.00 bits per heavy atom. The van der Waals surface area contributed by atoms with E-state index in [1.807, 2.05) is 12.1 Å². The number of ether oxygens (including phenoxy) is 3. The van der Waals surface area contributed by atoms with E-state index in [0.29, 0.717) is 22.8 Å². The molecule has 0 unspecified atom stereocenters. The van der Waals surface area contributed by atoms with Crippen LogP contribution in [-0.2, 0) is 4.79 Å². The monoisotopic (exact) mass is 343 g/mol. The Hall–Kier alpha value is -3.19. The second-order valence-electron chi connectivity index (χ2n) is 4.92. The summed E-state index contributed by atoms with van der Waals surface area (Å²) < 4.78 is 15.8. The SMILES string of the molecule is COc1cc(OC)c(OC)cc1C=CC(=O)N(CCC#N)CCC#N. The van der Waals surface area contributed by atoms with E-state index in [2.05, 4.69) is 0 Å². The van der Waals surface area contributed by atoms with E-state index < -0.39 is 0 Å². The third-order valence-electron chi connectivity index (χ3n) is 3.44. The normalized spacial score (nSPS) is 9.96. The van der Waals surface area contributed by atoms with Crippen LogP contribution in [0.5, 0.6) is 17.2 Å². The van der Waals surface area contributed by atoms with Crippen LogP contribution in [-0.4, -0.2) is 45.2 Å². The van der Waals surface area contributed by atoms with Gasteiger partial charge in [0.15, 0.2) is 11.5 Å². The summed E-state index contributed by atoms with van der Waals surface area (Å²) in [6, 6.07) is 7.37. The molecule has 0 fully saturated rings. The summed E-state index contributed by atoms with van der Waals surface area (Å²) in [5.41, 5.74) is 0.647. The summed E-state index contributed by atoms with van der Waals surface area (Å²) in [5.74, 6) is 1.29. The van der Waals surface area contributed by atoms with Crippen molar-refractivity contribution in [1.82, 2.24) is 4.90 Å². The number of nitrogens with zero attached hydrogens (tertiary/aromatic N) is 3. The van der Waals surface area contributed by atoms with E-state index in [-0.39, 0.29) is 31.8 Å². The van der Waals surface area contributed by atoms with Crippen molar-refractivity contribution < 1.29 is 19.0 Å². The van der Waals surface area contributed by atoms with E-state index in [0.717, 1.165) is 0 Å². The van der Waals surface area contributed by atoms with Crippen LogP contribution in [0.4, 0.5) is 0 Å². The third-order valence-corrected chi connectivity index (χ3v) is 3.44. The predicted octanol–water partition coefficient (Wildman–Crippen LogP) is 2.38. The molecule has 0 aliphatic heterocycles. The Labute approximate surface area is 147 Å². The van der Waals surface area contributed by atoms with Crippen molar-refractivity contribution in [2.24, 2.45) is 0 Å². The minimum Gasteiger partial charge on any atom is -0.496 e. The maximum atomic E-state index is 12.3. The van der Waals surface area contributed by atoms with E-state index >= 15 is 0 Å². The molecule has 0 heterocycles. The lowest BCUT2D eigenvalue weighted by Gasteiger charge is -2.18. The van der Waals surface area contributed by atoms with E-state index in [9.17, 15) is 4.79 Å². The second-order valence-corrected chi connectivity index (χ2v) is 4.92. The number of hydrogen-bond donors (Lipinski definition) is 0. The van der Waals surface area contributed by atoms with Crippen molar-refractivity contribution in [2.75, 3.05) is 34.4 Å². The van der Waals surface area contributed by atoms with Crippen LogP contribution in [0.1, 0.15) is 18.4 Å². The molecule has 7 nitrogen and oxygen atoms in total. The number of benzene rings is 1. The summed E-state index contributed by atoms with van der Waals surface area (Å²) in [7, 11) is 4.57. The first-order valence-corrected chi connectivity index (χ1v) is 7.62. The highest BCUT2D eigenvalue weighted by molar-refractivity contribution is 5.92. The molecule has 132 valence electrons. The Balaban J connectivity index is 3.03. The van der Waals surface area contributed by atoms with Gasteiger partial charge in [-0.25, -0.2) is 0 Å². The third kappa shape index (κ3) is 5.74. The number of carbonyl (C=O) groups excluding carboxylic acids is 1. The molecule has 0 spiro atoms. The van der Waals surface area contributed by atoms with Crippen LogP contribution in [0.15, 0.2) is 18.2 Å². The number of rotatable bonds is 9. The van der Waals surface area contributed by atoms with Crippen molar-refractivity contribution in [3.63, 3.8) is 0 Å². The molecule has 0 aromatic heterocycles. The molecular formula is C18H21N3O4. The molecule has 7 heteroatoms. The number of nitriles is 2. The maximum absolute atomic E-state index is 12.3. The number of carbonyl (C=O) groups is 1. The average Bonchev–Trinajstić information content (AvgIpc) is 2.65. The summed E-state index contributed by atoms with van der Waals surface area (Å²) >= 11 is 0. The lowest BCUT2D eigenvalue weighted by Crippen LogP contribution is -2.31. The van der Waals surface area contributed by atoms with Gasteiger partial charge in [0, 0.05) is 30.8 Å². The second kappa shape index (κ2) is 10.6. The fourth-order valence-corrected chi connectivity index (χ4v) is 2.15. The van der Waals surface area contributed by atoms with Gasteiger partial charge in [0.05, 0.1) is 46.3 Å². The Kier molecular flexibility index (Phi) is 8.39. The van der Waals surface area contributed by atoms with Crippen LogP contribution in [0, 0.1) is 22.7 Å². The van der Waals surface area contributed by atoms with Crippen LogP contribution in [0.25, 0.3) is 6.08 Å². The summed E-state index contributed by atoms with van der Waals surface area (Å²) in [5, 5.41) is 17.4. The molecule has 0 aliphatic rings. The highest BCUT2D eigenvalue weighted by atomic mass is 16.5. The molecule has 1 aromatic rings. The maximum Gasteiger partial charge on any atom is 0.246 e. The zero-order valence-electron chi connectivity index (χ0n) is 14.6. The zero-order valence-corrected chi connectivity index (χ0v) is 14.6. The van der Waals surface area contributed by atoms with Crippen LogP contribution < -0.4 is 14.2 Å². The molecule has 0 radical (unpaired) electrons. The highest BCUT2D eigenvalue weighted by Crippen LogP contribution is 2.35. The smallest absolute Gasteiger partial charge is 0.246 e. The fraction of sp³-hybridized carbons (Fsp3) is 0.389. The highest BCUT2D eigenvalue weighted by Gasteiger charge is 2.12. The first-order valence-electron chi connectivity index (χ1n) is 7.62. The zero-order chi connectivity index (χ0) is 18.7. The van der Waals surface area contributed by atoms with Crippen LogP contribution >= 0.6 is 0 Å². The summed E-state index contributed by atoms with van der Waals surface area (Å²) in [6.07, 6.45) is 3.42. The van der Waals surface area contributed by atoms with Gasteiger partial charge in [0.2, 0.25) is 5.91 Å². The summed E-state index contributed by atoms with van der Waals surface area (Å²) in [4.78, 5) is 13.8. The lowest BCUT2D eigenvalue weighted by molar-refractivity contribution is -0.125. The van der Waals surface area contributed by atoms with Crippen molar-refractivity contribution in [2.45, 2.75) is 12.8 Å². The molecule has 25 heavy (non-hydrogen) atoms. The standard InChI is InChI=1S/C18H21N3O4/c1-23-15-13-17(25-3)16(24-2)12-14(15)6-7-18(22)21(10-4-8-19)11-5-9-20/h6-7,12-13H,4-5,10-11H2,1-3H3. The molecule has 1 rings (SSSR count). The minimum absolute atomic E-state index is 0.213. The predicted molar refractivity (Wildman–Crippen MR) is 92.2 cm³/mol. The molecule has 0 atom stereocenters. The van der Waals surface area contributed by atoms with E-state index in [1.165, 1.54) is 32.3 Å². The quantitative estimate of drug-likeness (QED) is 0.639. The number of amides is 1. The molecule has 1 aromatic carbocycles. The van der Waals surface area contributed by atoms with Gasteiger partial charge in [-0.2, -0.15) is 10.5 Å². The Bertz CT molecular complexity index is 683. The van der Waals surface area contributed by atoms with E-state index in [4.69, 9.17) is 24.7 Å². The van der Waals surface area contributed by atoms with Crippen molar-refractivity contribution in [1.29, 1.82) is 10.5 Å². The lowest BCUT2D eigenvalue weighted by atomic mass is 10.1. The molecule has 0 bridgehead atoms. The first-order chi connectivity index (χ1) is 12.1. The first kappa shape index (κ1) is 19.9. The van der Waals surface area contributed by atoms with Crippen LogP contribution in [0.2, 0.25) is 0 Å². The van der Waals surface area contributed by atoms with Gasteiger partial charge in [-0.05, 0) is 12.1 Å². The van der Waals surface area contributed by atoms with Gasteiger partial charge < -0.3 is 19.1 Å². The molecule has 0 N–H and O–H groups in total. The topological polar surface area (TPSA) is 95.6 Å². The minimum atomic E-state index is -0.276. The van der Waals surface area contributed by atoms with Gasteiger partial charge >= 0.3 is 0 Å². The fourth-order valence-electron chi connectivity index (χ4n) is 2.15. The van der Waals surface area contributed by atoms with Gasteiger partial charge in [-0.3, -0.25) is 4.79 Å². The van der Waals surface area contributed by atoms with Crippen molar-refractivity contribution in [3.8, 4) is 29.4 Å². The molecule has 1 amide bonds.